The van der Waals surface area contributed by atoms with Crippen LogP contribution < -0.4 is 9.64 Å². The minimum Gasteiger partial charge on any atom is -0.486 e. The largest absolute Gasteiger partial charge is 0.486 e. The highest BCUT2D eigenvalue weighted by molar-refractivity contribution is 7.14. The van der Waals surface area contributed by atoms with Crippen LogP contribution >= 0.6 is 23.7 Å². The predicted molar refractivity (Wildman–Crippen MR) is 98.4 cm³/mol. The van der Waals surface area contributed by atoms with E-state index in [0.717, 1.165) is 37.4 Å². The van der Waals surface area contributed by atoms with Gasteiger partial charge in [-0.3, -0.25) is 0 Å². The first-order chi connectivity index (χ1) is 12.6. The monoisotopic (exact) mass is 445 g/mol. The van der Waals surface area contributed by atoms with Gasteiger partial charge in [0.1, 0.15) is 11.6 Å². The van der Waals surface area contributed by atoms with E-state index in [1.54, 1.807) is 11.4 Å². The van der Waals surface area contributed by atoms with Gasteiger partial charge in [0.05, 0.1) is 11.1 Å². The van der Waals surface area contributed by atoms with Crippen LogP contribution in [0, 0.1) is 0 Å². The number of hydrogen-bond donors (Lipinski definition) is 0. The molecule has 1 aromatic carbocycles. The second kappa shape index (κ2) is 8.82. The van der Waals surface area contributed by atoms with E-state index in [0.29, 0.717) is 17.9 Å². The van der Waals surface area contributed by atoms with Crippen LogP contribution in [0.1, 0.15) is 36.0 Å². The number of benzene rings is 1. The van der Waals surface area contributed by atoms with Crippen molar-refractivity contribution >= 4 is 28.7 Å². The Kier molecular flexibility index (Phi) is 7.14. The van der Waals surface area contributed by atoms with Crippen molar-refractivity contribution < 1.29 is 31.1 Å². The zero-order valence-electron chi connectivity index (χ0n) is 14.6. The van der Waals surface area contributed by atoms with Crippen LogP contribution in [0.3, 0.4) is 0 Å². The summed E-state index contributed by atoms with van der Waals surface area (Å²) in [6, 6.07) is 3.20. The van der Waals surface area contributed by atoms with Crippen molar-refractivity contribution in [1.29, 1.82) is 0 Å². The van der Waals surface area contributed by atoms with Crippen molar-refractivity contribution in [2.24, 2.45) is 0 Å². The molecule has 2 nitrogen and oxygen atoms in total. The van der Waals surface area contributed by atoms with Crippen LogP contribution in [0.5, 0.6) is 5.75 Å². The maximum Gasteiger partial charge on any atom is 0.416 e. The molecule has 10 heteroatoms. The van der Waals surface area contributed by atoms with Crippen LogP contribution in [0.2, 0.25) is 0 Å². The van der Waals surface area contributed by atoms with Gasteiger partial charge in [-0.15, -0.1) is 23.7 Å². The molecule has 0 spiro atoms. The molecule has 0 radical (unpaired) electrons. The normalized spacial score (nSPS) is 15.3. The Morgan fingerprint density at radius 1 is 0.893 bits per heavy atom. The highest BCUT2D eigenvalue weighted by Crippen LogP contribution is 2.38. The molecular weight excluding hydrogens is 428 g/mol. The molecule has 2 aromatic rings. The van der Waals surface area contributed by atoms with Crippen LogP contribution in [0.15, 0.2) is 29.6 Å². The topological polar surface area (TPSA) is 12.5 Å². The summed E-state index contributed by atoms with van der Waals surface area (Å²) in [5.74, 6) is 0.480. The number of nitrogens with zero attached hydrogens (tertiary/aromatic N) is 1. The molecule has 1 aliphatic heterocycles. The minimum atomic E-state index is -4.86. The van der Waals surface area contributed by atoms with Crippen LogP contribution in [-0.4, -0.2) is 13.1 Å². The van der Waals surface area contributed by atoms with Crippen molar-refractivity contribution in [2.75, 3.05) is 18.0 Å². The molecule has 1 fully saturated rings. The second-order valence-corrected chi connectivity index (χ2v) is 7.24. The van der Waals surface area contributed by atoms with Crippen molar-refractivity contribution in [2.45, 2.75) is 38.2 Å². The third-order valence-corrected chi connectivity index (χ3v) is 5.25. The number of anilines is 1. The first-order valence-corrected chi connectivity index (χ1v) is 9.26. The van der Waals surface area contributed by atoms with E-state index in [4.69, 9.17) is 4.74 Å². The molecular formula is C18H18ClF6NOS. The van der Waals surface area contributed by atoms with E-state index < -0.39 is 23.5 Å². The molecule has 0 amide bonds. The maximum atomic E-state index is 12.9. The lowest BCUT2D eigenvalue weighted by molar-refractivity contribution is -0.143. The summed E-state index contributed by atoms with van der Waals surface area (Å²) < 4.78 is 83.2. The molecule has 1 saturated heterocycles. The first-order valence-electron chi connectivity index (χ1n) is 8.38. The van der Waals surface area contributed by atoms with Gasteiger partial charge in [0.2, 0.25) is 0 Å². The van der Waals surface area contributed by atoms with Gasteiger partial charge >= 0.3 is 12.4 Å². The third-order valence-electron chi connectivity index (χ3n) is 4.29. The Bertz CT molecular complexity index is 751. The standard InChI is InChI=1S/C18H17F6NOS.ClH/c19-17(20,21)13-8-12(9-14(10-13)18(22,23)24)11-26-15-4-7-27-16(15)25-5-2-1-3-6-25;/h4,7-10H,1-3,5-6,11H2;1H. The number of alkyl halides is 6. The lowest BCUT2D eigenvalue weighted by atomic mass is 10.1. The van der Waals surface area contributed by atoms with E-state index >= 15 is 0 Å². The number of thiophene rings is 1. The Morgan fingerprint density at radius 2 is 1.46 bits per heavy atom. The van der Waals surface area contributed by atoms with Gasteiger partial charge in [-0.25, -0.2) is 0 Å². The van der Waals surface area contributed by atoms with E-state index in [9.17, 15) is 26.3 Å². The zero-order valence-corrected chi connectivity index (χ0v) is 16.2. The SMILES string of the molecule is Cl.FC(F)(F)c1cc(COc2ccsc2N2CCCCC2)cc(C(F)(F)F)c1. The summed E-state index contributed by atoms with van der Waals surface area (Å²) >= 11 is 1.45. The number of ether oxygens (including phenoxy) is 1. The fourth-order valence-corrected chi connectivity index (χ4v) is 3.89. The lowest BCUT2D eigenvalue weighted by Gasteiger charge is -2.28. The molecule has 156 valence electrons. The molecule has 0 unspecified atom stereocenters. The Morgan fingerprint density at radius 3 is 2.00 bits per heavy atom. The fraction of sp³-hybridized carbons (Fsp3) is 0.444. The molecule has 0 aliphatic carbocycles. The van der Waals surface area contributed by atoms with Gasteiger partial charge in [-0.05, 0) is 54.5 Å². The van der Waals surface area contributed by atoms with Gasteiger partial charge in [-0.2, -0.15) is 26.3 Å². The Balaban J connectivity index is 0.00000280. The highest BCUT2D eigenvalue weighted by atomic mass is 35.5. The maximum absolute atomic E-state index is 12.9. The predicted octanol–water partition coefficient (Wildman–Crippen LogP) is 6.78. The van der Waals surface area contributed by atoms with Crippen LogP contribution in [0.25, 0.3) is 0 Å². The smallest absolute Gasteiger partial charge is 0.416 e. The van der Waals surface area contributed by atoms with Crippen molar-refractivity contribution in [1.82, 2.24) is 0 Å². The number of hydrogen-bond acceptors (Lipinski definition) is 3. The van der Waals surface area contributed by atoms with E-state index in [1.807, 2.05) is 0 Å². The van der Waals surface area contributed by atoms with Crippen molar-refractivity contribution in [3.05, 3.63) is 46.3 Å². The molecule has 0 atom stereocenters. The van der Waals surface area contributed by atoms with Crippen molar-refractivity contribution in [3.8, 4) is 5.75 Å². The summed E-state index contributed by atoms with van der Waals surface area (Å²) in [6.07, 6.45) is -6.50. The van der Waals surface area contributed by atoms with Gasteiger partial charge in [0.15, 0.2) is 5.75 Å². The quantitative estimate of drug-likeness (QED) is 0.481. The third kappa shape index (κ3) is 5.47. The van der Waals surface area contributed by atoms with Crippen LogP contribution in [0.4, 0.5) is 31.3 Å². The first kappa shape index (κ1) is 22.7. The average molecular weight is 446 g/mol. The molecule has 2 heterocycles. The fourth-order valence-electron chi connectivity index (χ4n) is 2.99. The van der Waals surface area contributed by atoms with Gasteiger partial charge < -0.3 is 9.64 Å². The van der Waals surface area contributed by atoms with E-state index in [-0.39, 0.29) is 30.6 Å². The average Bonchev–Trinajstić information content (AvgIpc) is 3.07. The molecule has 0 N–H and O–H groups in total. The Hall–Kier alpha value is -1.61. The molecule has 0 saturated carbocycles. The van der Waals surface area contributed by atoms with Crippen molar-refractivity contribution in [3.63, 3.8) is 0 Å². The Labute approximate surface area is 168 Å². The summed E-state index contributed by atoms with van der Waals surface area (Å²) in [5, 5.41) is 2.66. The number of piperidine rings is 1. The van der Waals surface area contributed by atoms with Gasteiger partial charge in [-0.1, -0.05) is 0 Å². The van der Waals surface area contributed by atoms with E-state index in [2.05, 4.69) is 4.90 Å². The molecule has 1 aromatic heterocycles. The number of halogens is 7. The summed E-state index contributed by atoms with van der Waals surface area (Å²) in [7, 11) is 0. The number of rotatable bonds is 4. The highest BCUT2D eigenvalue weighted by Gasteiger charge is 2.37. The van der Waals surface area contributed by atoms with E-state index in [1.165, 1.54) is 11.3 Å². The summed E-state index contributed by atoms with van der Waals surface area (Å²) in [4.78, 5) is 2.14. The molecule has 3 rings (SSSR count). The lowest BCUT2D eigenvalue weighted by Crippen LogP contribution is -2.28. The molecule has 0 bridgehead atoms. The molecule has 1 aliphatic rings. The van der Waals surface area contributed by atoms with Crippen LogP contribution in [-0.2, 0) is 19.0 Å². The second-order valence-electron chi connectivity index (χ2n) is 6.34. The molecule has 28 heavy (non-hydrogen) atoms. The van der Waals surface area contributed by atoms with Gasteiger partial charge in [0.25, 0.3) is 0 Å². The minimum absolute atomic E-state index is 0. The summed E-state index contributed by atoms with van der Waals surface area (Å²) in [5.41, 5.74) is -2.84. The van der Waals surface area contributed by atoms with Gasteiger partial charge in [0, 0.05) is 13.1 Å². The summed E-state index contributed by atoms with van der Waals surface area (Å²) in [6.45, 7) is 1.35. The zero-order chi connectivity index (χ0) is 19.7.